The molecule has 0 unspecified atom stereocenters. The minimum absolute atomic E-state index is 0.189. The molecule has 0 saturated carbocycles. The lowest BCUT2D eigenvalue weighted by molar-refractivity contribution is -0.122. The summed E-state index contributed by atoms with van der Waals surface area (Å²) >= 11 is 9.01. The first kappa shape index (κ1) is 16.8. The zero-order chi connectivity index (χ0) is 15.4. The van der Waals surface area contributed by atoms with E-state index in [1.807, 2.05) is 42.5 Å². The number of halogens is 3. The monoisotopic (exact) mass is 523 g/mol. The van der Waals surface area contributed by atoms with Gasteiger partial charge in [0.15, 0.2) is 6.10 Å². The third kappa shape index (κ3) is 4.96. The molecule has 0 aliphatic carbocycles. The smallest absolute Gasteiger partial charge is 0.265 e. The van der Waals surface area contributed by atoms with E-state index in [1.54, 1.807) is 6.92 Å². The molecule has 0 aromatic heterocycles. The van der Waals surface area contributed by atoms with E-state index in [1.165, 1.54) is 0 Å². The van der Waals surface area contributed by atoms with Crippen LogP contribution >= 0.6 is 54.5 Å². The highest BCUT2D eigenvalue weighted by atomic mass is 127. The predicted octanol–water partition coefficient (Wildman–Crippen LogP) is 5.22. The first-order valence-electron chi connectivity index (χ1n) is 6.14. The van der Waals surface area contributed by atoms with Crippen LogP contribution in [-0.2, 0) is 4.79 Å². The van der Waals surface area contributed by atoms with Crippen LogP contribution in [0.5, 0.6) is 5.75 Å². The Morgan fingerprint density at radius 2 is 1.86 bits per heavy atom. The van der Waals surface area contributed by atoms with Crippen LogP contribution in [0.25, 0.3) is 0 Å². The Morgan fingerprint density at radius 1 is 1.19 bits per heavy atom. The Labute approximate surface area is 153 Å². The van der Waals surface area contributed by atoms with Crippen molar-refractivity contribution in [3.8, 4) is 5.75 Å². The second kappa shape index (κ2) is 7.60. The lowest BCUT2D eigenvalue weighted by Gasteiger charge is -2.16. The molecule has 110 valence electrons. The number of nitrogens with one attached hydrogen (secondary N) is 1. The number of benzene rings is 2. The second-order valence-corrected chi connectivity index (χ2v) is 7.35. The van der Waals surface area contributed by atoms with Crippen molar-refractivity contribution in [1.82, 2.24) is 0 Å². The third-order valence-corrected chi connectivity index (χ3v) is 4.51. The summed E-state index contributed by atoms with van der Waals surface area (Å²) in [5.74, 6) is 0.439. The molecule has 3 nitrogen and oxygen atoms in total. The van der Waals surface area contributed by atoms with Crippen LogP contribution in [0.15, 0.2) is 51.4 Å². The maximum Gasteiger partial charge on any atom is 0.265 e. The fourth-order valence-corrected chi connectivity index (χ4v) is 3.09. The van der Waals surface area contributed by atoms with Crippen LogP contribution in [0.3, 0.4) is 0 Å². The Hall–Kier alpha value is -0.600. The number of carbonyl (C=O) groups excluding carboxylic acids is 1. The van der Waals surface area contributed by atoms with Gasteiger partial charge in [0.2, 0.25) is 0 Å². The first-order valence-corrected chi connectivity index (χ1v) is 8.80. The molecule has 6 heteroatoms. The van der Waals surface area contributed by atoms with Gasteiger partial charge in [-0.2, -0.15) is 0 Å². The number of anilines is 1. The van der Waals surface area contributed by atoms with Gasteiger partial charge in [-0.1, -0.05) is 15.9 Å². The molecule has 0 fully saturated rings. The molecule has 0 heterocycles. The molecule has 2 aromatic carbocycles. The highest BCUT2D eigenvalue weighted by molar-refractivity contribution is 14.1. The molecule has 0 bridgehead atoms. The van der Waals surface area contributed by atoms with Crippen LogP contribution in [-0.4, -0.2) is 12.0 Å². The summed E-state index contributed by atoms with van der Waals surface area (Å²) in [4.78, 5) is 12.1. The van der Waals surface area contributed by atoms with E-state index in [4.69, 9.17) is 4.74 Å². The molecule has 2 aromatic rings. The summed E-state index contributed by atoms with van der Waals surface area (Å²) < 4.78 is 8.54. The molecule has 2 rings (SSSR count). The number of rotatable bonds is 4. The average molecular weight is 525 g/mol. The quantitative estimate of drug-likeness (QED) is 0.557. The summed E-state index contributed by atoms with van der Waals surface area (Å²) in [7, 11) is 0. The topological polar surface area (TPSA) is 38.3 Å². The van der Waals surface area contributed by atoms with E-state index >= 15 is 0 Å². The van der Waals surface area contributed by atoms with Gasteiger partial charge in [0, 0.05) is 13.7 Å². The second-order valence-electron chi connectivity index (χ2n) is 4.33. The Kier molecular flexibility index (Phi) is 6.07. The first-order chi connectivity index (χ1) is 9.95. The van der Waals surface area contributed by atoms with Gasteiger partial charge in [-0.25, -0.2) is 0 Å². The summed E-state index contributed by atoms with van der Waals surface area (Å²) in [6.07, 6.45) is -0.596. The molecule has 1 atom stereocenters. The Balaban J connectivity index is 2.00. The minimum Gasteiger partial charge on any atom is -0.480 e. The number of hydrogen-bond acceptors (Lipinski definition) is 2. The lowest BCUT2D eigenvalue weighted by Crippen LogP contribution is -2.30. The van der Waals surface area contributed by atoms with Crippen LogP contribution in [0, 0.1) is 3.57 Å². The van der Waals surface area contributed by atoms with E-state index in [0.717, 1.165) is 18.2 Å². The maximum atomic E-state index is 12.1. The maximum absolute atomic E-state index is 12.1. The molecule has 0 spiro atoms. The lowest BCUT2D eigenvalue weighted by atomic mass is 10.3. The van der Waals surface area contributed by atoms with E-state index in [-0.39, 0.29) is 5.91 Å². The van der Waals surface area contributed by atoms with E-state index in [9.17, 15) is 4.79 Å². The van der Waals surface area contributed by atoms with Gasteiger partial charge in [-0.05, 0) is 87.9 Å². The largest absolute Gasteiger partial charge is 0.480 e. The minimum atomic E-state index is -0.596. The summed E-state index contributed by atoms with van der Waals surface area (Å²) in [6.45, 7) is 1.72. The molecule has 21 heavy (non-hydrogen) atoms. The van der Waals surface area contributed by atoms with Crippen molar-refractivity contribution in [3.05, 3.63) is 55.0 Å². The molecule has 0 aliphatic rings. The van der Waals surface area contributed by atoms with E-state index in [2.05, 4.69) is 59.8 Å². The van der Waals surface area contributed by atoms with Gasteiger partial charge in [-0.15, -0.1) is 0 Å². The van der Waals surface area contributed by atoms with Crippen molar-refractivity contribution in [3.63, 3.8) is 0 Å². The van der Waals surface area contributed by atoms with E-state index in [0.29, 0.717) is 5.75 Å². The number of ether oxygens (including phenoxy) is 1. The zero-order valence-electron chi connectivity index (χ0n) is 11.1. The number of amides is 1. The van der Waals surface area contributed by atoms with Gasteiger partial charge in [0.1, 0.15) is 5.75 Å². The Bertz CT molecular complexity index is 647. The summed E-state index contributed by atoms with van der Waals surface area (Å²) in [5, 5.41) is 2.83. The van der Waals surface area contributed by atoms with Gasteiger partial charge < -0.3 is 10.1 Å². The SMILES string of the molecule is C[C@@H](Oc1ccc(Br)cc1Br)C(=O)Nc1ccc(I)cc1. The molecular weight excluding hydrogens is 513 g/mol. The highest BCUT2D eigenvalue weighted by Crippen LogP contribution is 2.29. The Morgan fingerprint density at radius 3 is 2.48 bits per heavy atom. The molecule has 0 saturated heterocycles. The molecule has 0 radical (unpaired) electrons. The summed E-state index contributed by atoms with van der Waals surface area (Å²) in [5.41, 5.74) is 0.755. The normalized spacial score (nSPS) is 11.8. The fourth-order valence-electron chi connectivity index (χ4n) is 1.59. The zero-order valence-corrected chi connectivity index (χ0v) is 16.4. The van der Waals surface area contributed by atoms with Crippen molar-refractivity contribution < 1.29 is 9.53 Å². The van der Waals surface area contributed by atoms with Crippen molar-refractivity contribution in [2.24, 2.45) is 0 Å². The molecule has 1 amide bonds. The number of hydrogen-bond donors (Lipinski definition) is 1. The van der Waals surface area contributed by atoms with E-state index < -0.39 is 6.10 Å². The van der Waals surface area contributed by atoms with Gasteiger partial charge in [0.25, 0.3) is 5.91 Å². The average Bonchev–Trinajstić information content (AvgIpc) is 2.44. The molecule has 1 N–H and O–H groups in total. The van der Waals surface area contributed by atoms with Crippen molar-refractivity contribution in [2.75, 3.05) is 5.32 Å². The standard InChI is InChI=1S/C15H12Br2INO2/c1-9(21-14-7-2-10(16)8-13(14)17)15(20)19-12-5-3-11(18)4-6-12/h2-9H,1H3,(H,19,20)/t9-/m1/s1. The fraction of sp³-hybridized carbons (Fsp3) is 0.133. The van der Waals surface area contributed by atoms with Crippen molar-refractivity contribution in [1.29, 1.82) is 0 Å². The van der Waals surface area contributed by atoms with Gasteiger partial charge in [-0.3, -0.25) is 4.79 Å². The van der Waals surface area contributed by atoms with Crippen molar-refractivity contribution >= 4 is 66.0 Å². The number of carbonyl (C=O) groups is 1. The highest BCUT2D eigenvalue weighted by Gasteiger charge is 2.16. The summed E-state index contributed by atoms with van der Waals surface area (Å²) in [6, 6.07) is 13.1. The third-order valence-electron chi connectivity index (χ3n) is 2.68. The van der Waals surface area contributed by atoms with Crippen molar-refractivity contribution in [2.45, 2.75) is 13.0 Å². The van der Waals surface area contributed by atoms with Crippen LogP contribution in [0.1, 0.15) is 6.92 Å². The molecule has 0 aliphatic heterocycles. The van der Waals surface area contributed by atoms with Crippen LogP contribution in [0.2, 0.25) is 0 Å². The van der Waals surface area contributed by atoms with Crippen LogP contribution in [0.4, 0.5) is 5.69 Å². The van der Waals surface area contributed by atoms with Gasteiger partial charge >= 0.3 is 0 Å². The van der Waals surface area contributed by atoms with Crippen LogP contribution < -0.4 is 10.1 Å². The van der Waals surface area contributed by atoms with Gasteiger partial charge in [0.05, 0.1) is 4.47 Å². The molecular formula is C15H12Br2INO2. The predicted molar refractivity (Wildman–Crippen MR) is 99.7 cm³/mol.